The number of allylic oxidation sites excluding steroid dienone is 4. The number of nitrogens with zero attached hydrogens (tertiary/aromatic N) is 1. The summed E-state index contributed by atoms with van der Waals surface area (Å²) in [6.07, 6.45) is 11.8. The zero-order valence-electron chi connectivity index (χ0n) is 31.9. The minimum atomic E-state index is -1.10. The number of aliphatic hydroxyl groups is 1. The van der Waals surface area contributed by atoms with E-state index in [2.05, 4.69) is 17.2 Å². The standard InChI is InChI=1S/C45H47N3O9/c1-43-13-10-31(49)17-29(43)7-9-32-36-11-14-45(44(36,24-57-45)19-37(50)39(32)43)38(51)23-56-42(54)34-18-33(34)41(53)55-22-25-2-4-26(5-3-25)35(20-46)40(52)48-30-8-6-28-21-47-15-12-27(28)16-30/h2-6,8,10,12-13,15-17,21,32-37,39,50H,7,9,11,14,18-20,22-24,46H2,1H3,(H,48,52)/t32-,33?,34?,35+,36-,37-,39+,43-,44+,45-/m0/s1. The first-order valence-corrected chi connectivity index (χ1v) is 20.0. The fraction of sp³-hybridized carbons (Fsp3) is 0.467. The quantitative estimate of drug-likeness (QED) is 0.229. The maximum absolute atomic E-state index is 13.9. The number of aromatic nitrogens is 1. The van der Waals surface area contributed by atoms with Gasteiger partial charge in [0.1, 0.15) is 12.2 Å². The van der Waals surface area contributed by atoms with E-state index in [1.54, 1.807) is 48.8 Å². The van der Waals surface area contributed by atoms with E-state index in [4.69, 9.17) is 19.9 Å². The average molecular weight is 774 g/mol. The summed E-state index contributed by atoms with van der Waals surface area (Å²) in [5, 5.41) is 16.6. The van der Waals surface area contributed by atoms with E-state index in [0.717, 1.165) is 41.2 Å². The van der Waals surface area contributed by atoms with Gasteiger partial charge in [0.05, 0.1) is 30.5 Å². The lowest BCUT2D eigenvalue weighted by Crippen LogP contribution is -2.71. The van der Waals surface area contributed by atoms with Gasteiger partial charge in [0.25, 0.3) is 0 Å². The molecule has 1 amide bonds. The Hall–Kier alpha value is -5.04. The van der Waals surface area contributed by atoms with E-state index < -0.39 is 58.8 Å². The van der Waals surface area contributed by atoms with E-state index in [1.807, 2.05) is 30.3 Å². The van der Waals surface area contributed by atoms with E-state index in [-0.39, 0.29) is 54.8 Å². The number of nitrogens with two attached hydrogens (primary N) is 1. The molecule has 57 heavy (non-hydrogen) atoms. The third kappa shape index (κ3) is 6.15. The van der Waals surface area contributed by atoms with Gasteiger partial charge in [-0.2, -0.15) is 0 Å². The van der Waals surface area contributed by atoms with E-state index >= 15 is 0 Å². The molecule has 12 nitrogen and oxygen atoms in total. The van der Waals surface area contributed by atoms with Gasteiger partial charge in [-0.15, -0.1) is 0 Å². The summed E-state index contributed by atoms with van der Waals surface area (Å²) in [6.45, 7) is 2.15. The van der Waals surface area contributed by atoms with Gasteiger partial charge < -0.3 is 30.4 Å². The number of fused-ring (bicyclic) bond motifs is 5. The van der Waals surface area contributed by atoms with Gasteiger partial charge in [-0.25, -0.2) is 0 Å². The Kier molecular flexibility index (Phi) is 9.29. The first kappa shape index (κ1) is 37.5. The number of anilines is 1. The van der Waals surface area contributed by atoms with Crippen molar-refractivity contribution in [3.8, 4) is 0 Å². The van der Waals surface area contributed by atoms with Crippen molar-refractivity contribution in [2.45, 2.75) is 69.7 Å². The van der Waals surface area contributed by atoms with Gasteiger partial charge in [0, 0.05) is 46.8 Å². The second-order valence-electron chi connectivity index (χ2n) is 17.1. The molecule has 4 saturated carbocycles. The second-order valence-corrected chi connectivity index (χ2v) is 17.1. The van der Waals surface area contributed by atoms with Gasteiger partial charge in [-0.3, -0.25) is 29.0 Å². The van der Waals surface area contributed by atoms with Crippen molar-refractivity contribution in [1.82, 2.24) is 4.98 Å². The van der Waals surface area contributed by atoms with Crippen LogP contribution in [0.3, 0.4) is 0 Å². The lowest BCUT2D eigenvalue weighted by atomic mass is 9.45. The highest BCUT2D eigenvalue weighted by molar-refractivity contribution is 6.01. The average Bonchev–Trinajstić information content (AvgIpc) is 3.98. The molecule has 1 aliphatic heterocycles. The van der Waals surface area contributed by atoms with E-state index in [9.17, 15) is 29.1 Å². The molecule has 2 unspecified atom stereocenters. The Morgan fingerprint density at radius 2 is 1.82 bits per heavy atom. The lowest BCUT2D eigenvalue weighted by Gasteiger charge is -2.65. The van der Waals surface area contributed by atoms with Crippen molar-refractivity contribution in [1.29, 1.82) is 0 Å². The van der Waals surface area contributed by atoms with Gasteiger partial charge in [0.15, 0.2) is 12.4 Å². The number of hydrogen-bond acceptors (Lipinski definition) is 11. The van der Waals surface area contributed by atoms with Crippen LogP contribution in [-0.2, 0) is 44.8 Å². The normalized spacial score (nSPS) is 33.7. The van der Waals surface area contributed by atoms with Crippen LogP contribution in [0.5, 0.6) is 0 Å². The Balaban J connectivity index is 0.756. The van der Waals surface area contributed by atoms with Crippen molar-refractivity contribution >= 4 is 45.9 Å². The number of hydrogen-bond donors (Lipinski definition) is 3. The molecule has 3 aromatic rings. The van der Waals surface area contributed by atoms with Crippen LogP contribution in [0, 0.1) is 40.4 Å². The molecule has 2 aromatic carbocycles. The molecule has 12 heteroatoms. The molecule has 10 atom stereocenters. The highest BCUT2D eigenvalue weighted by Gasteiger charge is 2.76. The molecule has 5 aliphatic carbocycles. The first-order chi connectivity index (χ1) is 27.5. The molecule has 6 aliphatic rings. The maximum atomic E-state index is 13.9. The van der Waals surface area contributed by atoms with Crippen molar-refractivity contribution in [2.24, 2.45) is 46.2 Å². The van der Waals surface area contributed by atoms with Crippen molar-refractivity contribution < 1.29 is 43.3 Å². The van der Waals surface area contributed by atoms with Crippen LogP contribution in [0.2, 0.25) is 0 Å². The van der Waals surface area contributed by atoms with Crippen LogP contribution in [0.25, 0.3) is 10.8 Å². The summed E-state index contributed by atoms with van der Waals surface area (Å²) in [6, 6.07) is 14.6. The number of pyridine rings is 1. The molecule has 0 bridgehead atoms. The Morgan fingerprint density at radius 1 is 1.04 bits per heavy atom. The summed E-state index contributed by atoms with van der Waals surface area (Å²) in [4.78, 5) is 69.2. The van der Waals surface area contributed by atoms with Crippen molar-refractivity contribution in [3.63, 3.8) is 0 Å². The molecule has 9 rings (SSSR count). The number of aliphatic hydroxyl groups excluding tert-OH is 1. The summed E-state index contributed by atoms with van der Waals surface area (Å²) in [7, 11) is 0. The Bertz CT molecular complexity index is 2240. The highest BCUT2D eigenvalue weighted by Crippen LogP contribution is 2.71. The van der Waals surface area contributed by atoms with Gasteiger partial charge in [-0.1, -0.05) is 48.9 Å². The van der Waals surface area contributed by atoms with E-state index in [1.165, 1.54) is 0 Å². The minimum Gasteiger partial charge on any atom is -0.461 e. The molecular weight excluding hydrogens is 727 g/mol. The number of rotatable bonds is 11. The number of nitrogens with one attached hydrogen (secondary N) is 1. The fourth-order valence-corrected chi connectivity index (χ4v) is 11.2. The number of amides is 1. The van der Waals surface area contributed by atoms with Crippen molar-refractivity contribution in [3.05, 3.63) is 95.9 Å². The zero-order chi connectivity index (χ0) is 39.7. The third-order valence-electron chi connectivity index (χ3n) is 14.3. The predicted octanol–water partition coefficient (Wildman–Crippen LogP) is 4.74. The minimum absolute atomic E-state index is 0.00964. The molecule has 2 heterocycles. The third-order valence-corrected chi connectivity index (χ3v) is 14.3. The number of benzene rings is 2. The monoisotopic (exact) mass is 773 g/mol. The lowest BCUT2D eigenvalue weighted by molar-refractivity contribution is -0.287. The molecule has 0 radical (unpaired) electrons. The molecule has 1 saturated heterocycles. The summed E-state index contributed by atoms with van der Waals surface area (Å²) in [5.41, 5.74) is 7.17. The van der Waals surface area contributed by atoms with Crippen LogP contribution in [-0.4, -0.2) is 71.0 Å². The SMILES string of the molecule is C[C@]12C=CC(=O)C=C1CC[C@@H]1[C@@H]2[C@@H](O)C[C@]23CO[C@]2(C(=O)COC(=O)C2CC2C(=O)OCc2ccc([C@@H](CN)C(=O)Nc4ccc5cnccc5c4)cc2)CC[C@@H]13. The van der Waals surface area contributed by atoms with Crippen LogP contribution in [0.15, 0.2) is 84.7 Å². The molecule has 1 aromatic heterocycles. The number of esters is 2. The smallest absolute Gasteiger partial charge is 0.310 e. The van der Waals surface area contributed by atoms with Crippen molar-refractivity contribution in [2.75, 3.05) is 25.1 Å². The number of carbonyl (C=O) groups excluding carboxylic acids is 5. The zero-order valence-corrected chi connectivity index (χ0v) is 31.9. The highest BCUT2D eigenvalue weighted by atomic mass is 16.6. The Morgan fingerprint density at radius 3 is 2.58 bits per heavy atom. The Labute approximate surface area is 330 Å². The molecule has 5 fully saturated rings. The molecular formula is C45H47N3O9. The molecule has 4 N–H and O–H groups in total. The largest absolute Gasteiger partial charge is 0.461 e. The topological polar surface area (TPSA) is 184 Å². The number of Topliss-reactive ketones (excluding diaryl/α,β-unsaturated/α-hetero) is 1. The summed E-state index contributed by atoms with van der Waals surface area (Å²) >= 11 is 0. The predicted molar refractivity (Wildman–Crippen MR) is 207 cm³/mol. The van der Waals surface area contributed by atoms with Gasteiger partial charge >= 0.3 is 11.9 Å². The van der Waals surface area contributed by atoms with Crippen LogP contribution < -0.4 is 11.1 Å². The number of ether oxygens (including phenoxy) is 3. The van der Waals surface area contributed by atoms with Gasteiger partial charge in [-0.05, 0) is 97.2 Å². The number of ketones is 2. The van der Waals surface area contributed by atoms with Crippen LogP contribution in [0.1, 0.15) is 62.5 Å². The fourth-order valence-electron chi connectivity index (χ4n) is 11.2. The van der Waals surface area contributed by atoms with Crippen LogP contribution in [0.4, 0.5) is 5.69 Å². The summed E-state index contributed by atoms with van der Waals surface area (Å²) < 4.78 is 17.2. The van der Waals surface area contributed by atoms with E-state index in [0.29, 0.717) is 30.7 Å². The van der Waals surface area contributed by atoms with Gasteiger partial charge in [0.2, 0.25) is 11.7 Å². The second kappa shape index (κ2) is 14.1. The summed E-state index contributed by atoms with van der Waals surface area (Å²) in [5.74, 6) is -3.26. The first-order valence-electron chi connectivity index (χ1n) is 20.0. The molecule has 296 valence electrons. The van der Waals surface area contributed by atoms with Crippen LogP contribution >= 0.6 is 0 Å². The number of carbonyl (C=O) groups is 5. The molecule has 1 spiro atoms. The maximum Gasteiger partial charge on any atom is 0.310 e.